The molecule has 110 valence electrons. The largest absolute Gasteiger partial charge is 0.408 e. The first-order valence-corrected chi connectivity index (χ1v) is 7.29. The number of carbonyl (C=O) groups is 2. The van der Waals surface area contributed by atoms with Crippen molar-refractivity contribution in [3.63, 3.8) is 0 Å². The Hall–Kier alpha value is -2.21. The highest BCUT2D eigenvalue weighted by Gasteiger charge is 2.13. The zero-order chi connectivity index (χ0) is 15.6. The molecule has 0 spiro atoms. The molecule has 2 aromatic rings. The van der Waals surface area contributed by atoms with E-state index in [2.05, 4.69) is 4.99 Å². The van der Waals surface area contributed by atoms with Gasteiger partial charge >= 0.3 is 5.97 Å². The van der Waals surface area contributed by atoms with Crippen LogP contribution in [0.25, 0.3) is 0 Å². The van der Waals surface area contributed by atoms with Gasteiger partial charge in [-0.15, -0.1) is 11.3 Å². The van der Waals surface area contributed by atoms with Crippen LogP contribution in [-0.2, 0) is 4.79 Å². The van der Waals surface area contributed by atoms with Crippen molar-refractivity contribution in [1.29, 1.82) is 0 Å². The summed E-state index contributed by atoms with van der Waals surface area (Å²) in [5.74, 6) is -0.526. The van der Waals surface area contributed by atoms with Crippen molar-refractivity contribution in [3.8, 4) is 5.88 Å². The Labute approximate surface area is 126 Å². The second-order valence-electron chi connectivity index (χ2n) is 4.64. The Kier molecular flexibility index (Phi) is 4.37. The van der Waals surface area contributed by atoms with Crippen molar-refractivity contribution in [2.45, 2.75) is 27.7 Å². The van der Waals surface area contributed by atoms with Gasteiger partial charge in [0.2, 0.25) is 11.8 Å². The van der Waals surface area contributed by atoms with Crippen LogP contribution >= 0.6 is 11.3 Å². The molecular weight excluding hydrogens is 288 g/mol. The number of hydrogen-bond donors (Lipinski definition) is 0. The zero-order valence-electron chi connectivity index (χ0n) is 12.3. The second-order valence-corrected chi connectivity index (χ2v) is 5.47. The highest BCUT2D eigenvalue weighted by molar-refractivity contribution is 7.07. The van der Waals surface area contributed by atoms with E-state index in [1.54, 1.807) is 5.38 Å². The smallest absolute Gasteiger partial charge is 0.309 e. The molecule has 0 amide bonds. The van der Waals surface area contributed by atoms with Gasteiger partial charge in [0.15, 0.2) is 4.80 Å². The average molecular weight is 304 g/mol. The SMILES string of the molecule is CC(=O)Oc1csc(=Nc2cccc(C)c2C)n1C(C)=O. The van der Waals surface area contributed by atoms with Crippen LogP contribution in [0, 0.1) is 13.8 Å². The Morgan fingerprint density at radius 3 is 2.57 bits per heavy atom. The highest BCUT2D eigenvalue weighted by Crippen LogP contribution is 2.21. The Morgan fingerprint density at radius 2 is 1.95 bits per heavy atom. The normalized spacial score (nSPS) is 11.5. The molecule has 5 nitrogen and oxygen atoms in total. The first-order valence-electron chi connectivity index (χ1n) is 6.41. The van der Waals surface area contributed by atoms with Crippen molar-refractivity contribution in [1.82, 2.24) is 4.57 Å². The molecule has 2 rings (SSSR count). The second kappa shape index (κ2) is 6.05. The van der Waals surface area contributed by atoms with E-state index >= 15 is 0 Å². The maximum absolute atomic E-state index is 11.8. The van der Waals surface area contributed by atoms with Crippen LogP contribution < -0.4 is 9.54 Å². The molecule has 0 bridgehead atoms. The number of hydrogen-bond acceptors (Lipinski definition) is 5. The van der Waals surface area contributed by atoms with Gasteiger partial charge in [-0.1, -0.05) is 12.1 Å². The number of aromatic nitrogens is 1. The summed E-state index contributed by atoms with van der Waals surface area (Å²) in [6.07, 6.45) is 0. The molecule has 0 radical (unpaired) electrons. The first-order chi connectivity index (χ1) is 9.90. The zero-order valence-corrected chi connectivity index (χ0v) is 13.2. The third-order valence-electron chi connectivity index (χ3n) is 3.03. The quantitative estimate of drug-likeness (QED) is 0.801. The summed E-state index contributed by atoms with van der Waals surface area (Å²) >= 11 is 1.25. The van der Waals surface area contributed by atoms with Crippen LogP contribution in [0.4, 0.5) is 5.69 Å². The van der Waals surface area contributed by atoms with Crippen molar-refractivity contribution < 1.29 is 14.3 Å². The molecule has 0 aliphatic rings. The minimum absolute atomic E-state index is 0.198. The van der Waals surface area contributed by atoms with E-state index in [-0.39, 0.29) is 11.8 Å². The molecule has 0 N–H and O–H groups in total. The summed E-state index contributed by atoms with van der Waals surface area (Å²) in [5, 5.41) is 1.60. The molecule has 1 heterocycles. The lowest BCUT2D eigenvalue weighted by Crippen LogP contribution is -2.22. The van der Waals surface area contributed by atoms with Gasteiger partial charge in [-0.3, -0.25) is 9.59 Å². The number of benzene rings is 1. The standard InChI is InChI=1S/C15H16N2O3S/c1-9-6-5-7-13(10(9)2)16-15-17(11(3)18)14(8-21-15)20-12(4)19/h5-8H,1-4H3. The monoisotopic (exact) mass is 304 g/mol. The van der Waals surface area contributed by atoms with Crippen LogP contribution in [0.5, 0.6) is 5.88 Å². The number of ether oxygens (including phenoxy) is 1. The van der Waals surface area contributed by atoms with Gasteiger partial charge in [-0.05, 0) is 31.0 Å². The number of esters is 1. The lowest BCUT2D eigenvalue weighted by atomic mass is 10.1. The van der Waals surface area contributed by atoms with Gasteiger partial charge in [0, 0.05) is 13.8 Å². The fraction of sp³-hybridized carbons (Fsp3) is 0.267. The Balaban J connectivity index is 2.61. The molecule has 0 saturated carbocycles. The van der Waals surface area contributed by atoms with Gasteiger partial charge < -0.3 is 4.74 Å². The van der Waals surface area contributed by atoms with Gasteiger partial charge in [0.1, 0.15) is 0 Å². The number of nitrogens with zero attached hydrogens (tertiary/aromatic N) is 2. The van der Waals surface area contributed by atoms with Gasteiger partial charge in [-0.25, -0.2) is 9.56 Å². The summed E-state index contributed by atoms with van der Waals surface area (Å²) in [6, 6.07) is 5.81. The minimum atomic E-state index is -0.471. The molecule has 0 aliphatic carbocycles. The van der Waals surface area contributed by atoms with E-state index in [0.717, 1.165) is 16.8 Å². The Bertz CT molecular complexity index is 771. The van der Waals surface area contributed by atoms with Crippen LogP contribution in [-0.4, -0.2) is 16.4 Å². The molecule has 1 aromatic carbocycles. The molecule has 21 heavy (non-hydrogen) atoms. The average Bonchev–Trinajstić information content (AvgIpc) is 2.77. The molecule has 0 fully saturated rings. The maximum atomic E-state index is 11.8. The molecular formula is C15H16N2O3S. The van der Waals surface area contributed by atoms with Gasteiger partial charge in [0.25, 0.3) is 0 Å². The van der Waals surface area contributed by atoms with Gasteiger partial charge in [-0.2, -0.15) is 0 Å². The van der Waals surface area contributed by atoms with E-state index in [0.29, 0.717) is 4.80 Å². The predicted octanol–water partition coefficient (Wildman–Crippen LogP) is 2.98. The van der Waals surface area contributed by atoms with E-state index < -0.39 is 5.97 Å². The molecule has 0 aliphatic heterocycles. The Morgan fingerprint density at radius 1 is 1.24 bits per heavy atom. The molecule has 6 heteroatoms. The van der Waals surface area contributed by atoms with Crippen LogP contribution in [0.2, 0.25) is 0 Å². The number of carbonyl (C=O) groups excluding carboxylic acids is 2. The van der Waals surface area contributed by atoms with Crippen molar-refractivity contribution in [2.75, 3.05) is 0 Å². The van der Waals surface area contributed by atoms with Crippen molar-refractivity contribution in [2.24, 2.45) is 4.99 Å². The minimum Gasteiger partial charge on any atom is -0.408 e. The van der Waals surface area contributed by atoms with E-state index in [9.17, 15) is 9.59 Å². The number of rotatable bonds is 2. The summed E-state index contributed by atoms with van der Waals surface area (Å²) in [6.45, 7) is 6.68. The summed E-state index contributed by atoms with van der Waals surface area (Å²) < 4.78 is 6.33. The lowest BCUT2D eigenvalue weighted by molar-refractivity contribution is -0.132. The van der Waals surface area contributed by atoms with Crippen LogP contribution in [0.15, 0.2) is 28.6 Å². The predicted molar refractivity (Wildman–Crippen MR) is 81.1 cm³/mol. The van der Waals surface area contributed by atoms with Crippen LogP contribution in [0.3, 0.4) is 0 Å². The fourth-order valence-electron chi connectivity index (χ4n) is 1.85. The molecule has 1 aromatic heterocycles. The molecule has 0 saturated heterocycles. The third-order valence-corrected chi connectivity index (χ3v) is 3.84. The summed E-state index contributed by atoms with van der Waals surface area (Å²) in [5.41, 5.74) is 2.97. The molecule has 0 atom stereocenters. The fourth-order valence-corrected chi connectivity index (χ4v) is 2.68. The summed E-state index contributed by atoms with van der Waals surface area (Å²) in [7, 11) is 0. The maximum Gasteiger partial charge on any atom is 0.309 e. The van der Waals surface area contributed by atoms with E-state index in [1.807, 2.05) is 32.0 Å². The first kappa shape index (κ1) is 15.2. The highest BCUT2D eigenvalue weighted by atomic mass is 32.1. The van der Waals surface area contributed by atoms with Crippen molar-refractivity contribution in [3.05, 3.63) is 39.5 Å². The van der Waals surface area contributed by atoms with E-state index in [1.165, 1.54) is 29.8 Å². The van der Waals surface area contributed by atoms with Crippen LogP contribution in [0.1, 0.15) is 29.8 Å². The van der Waals surface area contributed by atoms with Crippen molar-refractivity contribution >= 4 is 28.9 Å². The number of aryl methyl sites for hydroxylation is 1. The number of thiazole rings is 1. The van der Waals surface area contributed by atoms with E-state index in [4.69, 9.17) is 4.74 Å². The summed E-state index contributed by atoms with van der Waals surface area (Å²) in [4.78, 5) is 27.9. The topological polar surface area (TPSA) is 60.7 Å². The lowest BCUT2D eigenvalue weighted by Gasteiger charge is -2.05. The molecule has 0 unspecified atom stereocenters. The van der Waals surface area contributed by atoms with Gasteiger partial charge in [0.05, 0.1) is 11.1 Å². The third kappa shape index (κ3) is 3.28.